The summed E-state index contributed by atoms with van der Waals surface area (Å²) in [5.41, 5.74) is 2.50. The van der Waals surface area contributed by atoms with Crippen LogP contribution < -0.4 is 24.5 Å². The Bertz CT molecular complexity index is 1320. The van der Waals surface area contributed by atoms with Gasteiger partial charge < -0.3 is 23.5 Å². The van der Waals surface area contributed by atoms with Gasteiger partial charge in [-0.05, 0) is 41.3 Å². The summed E-state index contributed by atoms with van der Waals surface area (Å²) in [6, 6.07) is 20.9. The van der Waals surface area contributed by atoms with E-state index in [-0.39, 0.29) is 18.0 Å². The minimum atomic E-state index is -0.113. The number of aromatic nitrogens is 1. The Morgan fingerprint density at radius 3 is 1.94 bits per heavy atom. The lowest BCUT2D eigenvalue weighted by Crippen LogP contribution is -2.22. The Morgan fingerprint density at radius 2 is 1.30 bits per heavy atom. The van der Waals surface area contributed by atoms with Crippen molar-refractivity contribution >= 4 is 23.2 Å². The molecule has 0 unspecified atom stereocenters. The molecule has 172 valence electrons. The molecule has 0 spiro atoms. The maximum Gasteiger partial charge on any atom is 0.251 e. The Kier molecular flexibility index (Phi) is 7.51. The fraction of sp³-hybridized carbons (Fsp3) is 0.192. The molecule has 3 aromatic carbocycles. The van der Waals surface area contributed by atoms with Crippen LogP contribution in [0.5, 0.6) is 23.0 Å². The van der Waals surface area contributed by atoms with Gasteiger partial charge in [-0.25, -0.2) is 0 Å². The molecule has 0 atom stereocenters. The summed E-state index contributed by atoms with van der Waals surface area (Å²) in [6.07, 6.45) is 0. The van der Waals surface area contributed by atoms with E-state index in [0.717, 1.165) is 27.6 Å². The molecule has 0 aliphatic rings. The van der Waals surface area contributed by atoms with Gasteiger partial charge in [-0.2, -0.15) is 0 Å². The maximum absolute atomic E-state index is 13.3. The molecule has 0 radical (unpaired) electrons. The van der Waals surface area contributed by atoms with Crippen LogP contribution in [0.15, 0.2) is 71.5 Å². The van der Waals surface area contributed by atoms with Crippen LogP contribution in [0.25, 0.3) is 22.0 Å². The van der Waals surface area contributed by atoms with Gasteiger partial charge in [0.25, 0.3) is 5.56 Å². The van der Waals surface area contributed by atoms with Gasteiger partial charge in [0.2, 0.25) is 0 Å². The SMILES string of the molecule is COc1ccc(-c2c3cc(OC)c(OC)cc3cc(=O)n2Cc2ccccc2)cc1OC.Cl. The predicted molar refractivity (Wildman–Crippen MR) is 133 cm³/mol. The Labute approximate surface area is 198 Å². The van der Waals surface area contributed by atoms with E-state index in [2.05, 4.69) is 0 Å². The van der Waals surface area contributed by atoms with Crippen molar-refractivity contribution in [3.8, 4) is 34.3 Å². The molecular formula is C26H26ClNO5. The molecule has 0 aliphatic heterocycles. The number of pyridine rings is 1. The molecule has 7 heteroatoms. The van der Waals surface area contributed by atoms with Crippen molar-refractivity contribution in [2.24, 2.45) is 0 Å². The zero-order chi connectivity index (χ0) is 22.7. The normalized spacial score (nSPS) is 10.4. The zero-order valence-corrected chi connectivity index (χ0v) is 19.8. The number of benzene rings is 3. The van der Waals surface area contributed by atoms with Crippen LogP contribution in [0.4, 0.5) is 0 Å². The van der Waals surface area contributed by atoms with Crippen molar-refractivity contribution in [2.75, 3.05) is 28.4 Å². The molecule has 0 aliphatic carbocycles. The molecule has 0 amide bonds. The summed E-state index contributed by atoms with van der Waals surface area (Å²) < 4.78 is 23.7. The fourth-order valence-electron chi connectivity index (χ4n) is 3.90. The van der Waals surface area contributed by atoms with Crippen LogP contribution in [0.2, 0.25) is 0 Å². The number of hydrogen-bond donors (Lipinski definition) is 0. The number of methoxy groups -OCH3 is 4. The number of fused-ring (bicyclic) bond motifs is 1. The largest absolute Gasteiger partial charge is 0.493 e. The second-order valence-corrected chi connectivity index (χ2v) is 7.27. The van der Waals surface area contributed by atoms with Crippen LogP contribution in [0, 0.1) is 0 Å². The van der Waals surface area contributed by atoms with E-state index in [1.54, 1.807) is 39.1 Å². The molecule has 4 aromatic rings. The number of hydrogen-bond acceptors (Lipinski definition) is 5. The molecule has 0 saturated heterocycles. The van der Waals surface area contributed by atoms with Crippen LogP contribution in [0.1, 0.15) is 5.56 Å². The first-order valence-corrected chi connectivity index (χ1v) is 10.2. The van der Waals surface area contributed by atoms with E-state index in [1.165, 1.54) is 0 Å². The third-order valence-corrected chi connectivity index (χ3v) is 5.47. The Hall–Kier alpha value is -3.64. The molecule has 0 bridgehead atoms. The summed E-state index contributed by atoms with van der Waals surface area (Å²) in [5, 5.41) is 1.63. The van der Waals surface area contributed by atoms with Crippen molar-refractivity contribution < 1.29 is 18.9 Å². The quantitative estimate of drug-likeness (QED) is 0.375. The van der Waals surface area contributed by atoms with E-state index in [4.69, 9.17) is 18.9 Å². The van der Waals surface area contributed by atoms with Gasteiger partial charge in [0.05, 0.1) is 40.7 Å². The van der Waals surface area contributed by atoms with E-state index >= 15 is 0 Å². The maximum atomic E-state index is 13.3. The third kappa shape index (κ3) is 4.61. The molecule has 4 rings (SSSR count). The van der Waals surface area contributed by atoms with E-state index in [9.17, 15) is 4.79 Å². The number of ether oxygens (including phenoxy) is 4. The average molecular weight is 468 g/mol. The summed E-state index contributed by atoms with van der Waals surface area (Å²) in [4.78, 5) is 13.3. The van der Waals surface area contributed by atoms with Crippen LogP contribution in [-0.2, 0) is 6.54 Å². The summed E-state index contributed by atoms with van der Waals surface area (Å²) in [7, 11) is 6.36. The predicted octanol–water partition coefficient (Wildman–Crippen LogP) is 5.17. The second-order valence-electron chi connectivity index (χ2n) is 7.27. The molecular weight excluding hydrogens is 442 g/mol. The van der Waals surface area contributed by atoms with Crippen LogP contribution in [-0.4, -0.2) is 33.0 Å². The molecule has 0 fully saturated rings. The molecule has 1 aromatic heterocycles. The first-order chi connectivity index (χ1) is 15.6. The average Bonchev–Trinajstić information content (AvgIpc) is 2.84. The van der Waals surface area contributed by atoms with E-state index < -0.39 is 0 Å². The third-order valence-electron chi connectivity index (χ3n) is 5.47. The molecule has 1 heterocycles. The summed E-state index contributed by atoms with van der Waals surface area (Å²) in [5.74, 6) is 2.36. The lowest BCUT2D eigenvalue weighted by Gasteiger charge is -2.19. The highest BCUT2D eigenvalue weighted by molar-refractivity contribution is 5.97. The second kappa shape index (κ2) is 10.3. The Balaban J connectivity index is 0.00000306. The van der Waals surface area contributed by atoms with Gasteiger partial charge in [0.1, 0.15) is 0 Å². The molecule has 33 heavy (non-hydrogen) atoms. The van der Waals surface area contributed by atoms with Gasteiger partial charge in [-0.15, -0.1) is 12.4 Å². The highest BCUT2D eigenvalue weighted by Crippen LogP contribution is 2.39. The number of halogens is 1. The standard InChI is InChI=1S/C26H25NO5.ClH/c1-29-21-11-10-18(12-22(21)30-2)26-20-15-24(32-4)23(31-3)13-19(20)14-25(28)27(26)16-17-8-6-5-7-9-17;/h5-15H,16H2,1-4H3;1H. The van der Waals surface area contributed by atoms with Crippen molar-refractivity contribution in [1.82, 2.24) is 4.57 Å². The van der Waals surface area contributed by atoms with Gasteiger partial charge >= 0.3 is 0 Å². The van der Waals surface area contributed by atoms with Gasteiger partial charge in [-0.1, -0.05) is 30.3 Å². The van der Waals surface area contributed by atoms with Gasteiger partial charge in [0.15, 0.2) is 23.0 Å². The minimum absolute atomic E-state index is 0. The van der Waals surface area contributed by atoms with Crippen molar-refractivity contribution in [3.63, 3.8) is 0 Å². The number of rotatable bonds is 7. The summed E-state index contributed by atoms with van der Waals surface area (Å²) >= 11 is 0. The van der Waals surface area contributed by atoms with Crippen molar-refractivity contribution in [1.29, 1.82) is 0 Å². The number of nitrogens with zero attached hydrogens (tertiary/aromatic N) is 1. The van der Waals surface area contributed by atoms with Crippen molar-refractivity contribution in [3.05, 3.63) is 82.6 Å². The first-order valence-electron chi connectivity index (χ1n) is 10.2. The van der Waals surface area contributed by atoms with Crippen LogP contribution in [0.3, 0.4) is 0 Å². The molecule has 0 N–H and O–H groups in total. The molecule has 6 nitrogen and oxygen atoms in total. The topological polar surface area (TPSA) is 58.9 Å². The minimum Gasteiger partial charge on any atom is -0.493 e. The molecule has 0 saturated carbocycles. The lowest BCUT2D eigenvalue weighted by molar-refractivity contribution is 0.355. The lowest BCUT2D eigenvalue weighted by atomic mass is 10.0. The van der Waals surface area contributed by atoms with Crippen molar-refractivity contribution in [2.45, 2.75) is 6.54 Å². The van der Waals surface area contributed by atoms with Gasteiger partial charge in [-0.3, -0.25) is 4.79 Å². The first kappa shape index (κ1) is 24.0. The van der Waals surface area contributed by atoms with E-state index in [1.807, 2.05) is 60.7 Å². The summed E-state index contributed by atoms with van der Waals surface area (Å²) in [6.45, 7) is 0.424. The Morgan fingerprint density at radius 1 is 0.697 bits per heavy atom. The fourth-order valence-corrected chi connectivity index (χ4v) is 3.90. The van der Waals surface area contributed by atoms with Gasteiger partial charge in [0, 0.05) is 17.0 Å². The highest BCUT2D eigenvalue weighted by atomic mass is 35.5. The van der Waals surface area contributed by atoms with Crippen LogP contribution >= 0.6 is 12.4 Å². The zero-order valence-electron chi connectivity index (χ0n) is 19.0. The highest BCUT2D eigenvalue weighted by Gasteiger charge is 2.18. The smallest absolute Gasteiger partial charge is 0.251 e. The monoisotopic (exact) mass is 467 g/mol. The van der Waals surface area contributed by atoms with E-state index in [0.29, 0.717) is 29.5 Å².